The minimum absolute atomic E-state index is 0.0342. The van der Waals surface area contributed by atoms with Gasteiger partial charge in [-0.25, -0.2) is 59.8 Å². The summed E-state index contributed by atoms with van der Waals surface area (Å²) >= 11 is 0. The topological polar surface area (TPSA) is 382 Å². The van der Waals surface area contributed by atoms with E-state index in [1.54, 1.807) is 24.8 Å². The maximum absolute atomic E-state index is 5.26. The largest absolute Gasteiger partial charge is 0.363 e. The standard InChI is InChI=1S/C21H19N7O.3C20H20N6.C18H18N6O/c1-13-10-17(27-29-13)11-23-21-19-18(24-14(2)25-21)7-9-28(19)12-16-6-5-15-4-3-8-22-20(15)26-16;2*1-14(17-8-4-6-11-22-17)23-20-19-18(24-15(2)25-20)9-12-26(19)13-16-7-3-5-10-21-16;1-14-6-7-16(22-11-14)12-23-20-19-18(24-15(2)25-20)8-10-26(19)13-17-5-3-4-9-21-17;1-12-9-15(25-23-12)10-20-18-17-16(21-13(2)22-18)6-8-24(17)11-14-5-3-4-7-19-14/h3-10H,11-12H2,1-2H3,(H,23,24,25);2*3-12,14H,13H2,1-2H3,(H,23,24,25);3-11H,12-13H2,1-2H3,(H,23,24,25);3-9H,10-11H2,1-2H3,(H,20,21,22)/t;14-;;;/m.0.../s1. The number of rotatable bonds is 25. The first-order valence-electron chi connectivity index (χ1n) is 43.2. The van der Waals surface area contributed by atoms with Gasteiger partial charge in [-0.1, -0.05) is 52.8 Å². The fourth-order valence-corrected chi connectivity index (χ4v) is 15.2. The lowest BCUT2D eigenvalue weighted by molar-refractivity contribution is 0.384. The average Bonchev–Trinajstić information content (AvgIpc) is 1.63. The van der Waals surface area contributed by atoms with Crippen molar-refractivity contribution in [3.63, 3.8) is 0 Å². The van der Waals surface area contributed by atoms with Gasteiger partial charge in [0.2, 0.25) is 0 Å². The van der Waals surface area contributed by atoms with Crippen LogP contribution in [0.15, 0.2) is 278 Å². The van der Waals surface area contributed by atoms with E-state index in [2.05, 4.69) is 174 Å². The van der Waals surface area contributed by atoms with E-state index in [4.69, 9.17) is 9.05 Å². The Bertz CT molecular complexity index is 7240. The summed E-state index contributed by atoms with van der Waals surface area (Å²) in [6.07, 6.45) is 24.6. The molecule has 33 heteroatoms. The Balaban J connectivity index is 0.000000115. The second-order valence-corrected chi connectivity index (χ2v) is 31.6. The SMILES string of the molecule is Cc1cc(CNc2nc(C)nc3ccn(Cc4ccccn4)c23)on1.Cc1ccc(CNc2nc(C)nc3ccn(Cc4ccccn4)c23)nc1.Cc1nc(NC(C)c2ccccn2)c2c(ccn2Cc2ccccn2)n1.Cc1nc(NCc2cc(C)on2)c2c(ccn2Cc2ccc3cccnc3n2)n1.Cc1nc(N[C@@H](C)c2ccccn2)c2c(ccn2Cc2ccccn2)n1. The van der Waals surface area contributed by atoms with Gasteiger partial charge >= 0.3 is 0 Å². The second-order valence-electron chi connectivity index (χ2n) is 31.6. The minimum atomic E-state index is 0.0342. The number of anilines is 5. The first-order chi connectivity index (χ1) is 64.4. The molecule has 0 radical (unpaired) electrons. The molecule has 0 spiro atoms. The zero-order valence-corrected chi connectivity index (χ0v) is 74.7. The predicted octanol–water partition coefficient (Wildman–Crippen LogP) is 17.7. The molecule has 0 amide bonds. The van der Waals surface area contributed by atoms with Gasteiger partial charge in [0.25, 0.3) is 0 Å². The van der Waals surface area contributed by atoms with Crippen LogP contribution in [0.2, 0.25) is 0 Å². The summed E-state index contributed by atoms with van der Waals surface area (Å²) in [4.78, 5) is 85.9. The Morgan fingerprint density at radius 3 is 1.03 bits per heavy atom. The summed E-state index contributed by atoms with van der Waals surface area (Å²) in [5, 5.41) is 26.1. The molecule has 21 rings (SSSR count). The molecule has 21 aromatic rings. The third kappa shape index (κ3) is 21.9. The van der Waals surface area contributed by atoms with Crippen LogP contribution in [0.5, 0.6) is 0 Å². The van der Waals surface area contributed by atoms with Crippen molar-refractivity contribution in [1.29, 1.82) is 0 Å². The van der Waals surface area contributed by atoms with Crippen molar-refractivity contribution in [2.24, 2.45) is 0 Å². The van der Waals surface area contributed by atoms with E-state index in [1.807, 2.05) is 293 Å². The van der Waals surface area contributed by atoms with Gasteiger partial charge in [-0.2, -0.15) is 0 Å². The van der Waals surface area contributed by atoms with Gasteiger partial charge in [-0.15, -0.1) is 0 Å². The molecule has 0 fully saturated rings. The highest BCUT2D eigenvalue weighted by Crippen LogP contribution is 2.32. The van der Waals surface area contributed by atoms with Crippen molar-refractivity contribution in [3.8, 4) is 0 Å². The van der Waals surface area contributed by atoms with E-state index in [9.17, 15) is 0 Å². The number of hydrogen-bond acceptors (Lipinski definition) is 28. The zero-order valence-electron chi connectivity index (χ0n) is 74.7. The molecule has 132 heavy (non-hydrogen) atoms. The summed E-state index contributed by atoms with van der Waals surface area (Å²) in [6, 6.07) is 61.6. The molecule has 21 heterocycles. The van der Waals surface area contributed by atoms with E-state index in [0.29, 0.717) is 58.2 Å². The molecule has 660 valence electrons. The van der Waals surface area contributed by atoms with Crippen molar-refractivity contribution in [2.45, 2.75) is 134 Å². The molecule has 33 nitrogen and oxygen atoms in total. The lowest BCUT2D eigenvalue weighted by Crippen LogP contribution is -2.12. The summed E-state index contributed by atoms with van der Waals surface area (Å²) in [5.74, 6) is 9.18. The molecule has 0 aliphatic carbocycles. The lowest BCUT2D eigenvalue weighted by atomic mass is 10.2. The number of aryl methyl sites for hydroxylation is 8. The van der Waals surface area contributed by atoms with Gasteiger partial charge in [-0.3, -0.25) is 34.9 Å². The van der Waals surface area contributed by atoms with Crippen LogP contribution in [0.25, 0.3) is 66.2 Å². The Morgan fingerprint density at radius 2 is 0.667 bits per heavy atom. The first kappa shape index (κ1) is 87.2. The third-order valence-electron chi connectivity index (χ3n) is 21.3. The molecular formula is C99H97N31O2. The van der Waals surface area contributed by atoms with Crippen molar-refractivity contribution < 1.29 is 9.05 Å². The van der Waals surface area contributed by atoms with Crippen molar-refractivity contribution in [2.75, 3.05) is 26.6 Å². The highest BCUT2D eigenvalue weighted by atomic mass is 16.5. The molecule has 0 aliphatic heterocycles. The van der Waals surface area contributed by atoms with Crippen LogP contribution in [0.3, 0.4) is 0 Å². The van der Waals surface area contributed by atoms with Gasteiger partial charge in [0.15, 0.2) is 40.5 Å². The number of fused-ring (bicyclic) bond motifs is 6. The molecule has 0 aromatic carbocycles. The average molecular weight is 1750 g/mol. The number of nitrogens with zero attached hydrogens (tertiary/aromatic N) is 26. The highest BCUT2D eigenvalue weighted by molar-refractivity contribution is 5.90. The molecular weight excluding hydrogens is 1660 g/mol. The molecule has 0 saturated heterocycles. The number of aromatic nitrogens is 26. The Kier molecular flexibility index (Phi) is 27.0. The quantitative estimate of drug-likeness (QED) is 0.0355. The Labute approximate surface area is 760 Å². The molecule has 0 saturated carbocycles. The molecule has 0 aliphatic rings. The van der Waals surface area contributed by atoms with Gasteiger partial charge < -0.3 is 58.5 Å². The number of hydrogen-bond donors (Lipinski definition) is 5. The van der Waals surface area contributed by atoms with Gasteiger partial charge in [0, 0.05) is 98.1 Å². The van der Waals surface area contributed by atoms with Crippen LogP contribution in [0.1, 0.15) is 129 Å². The van der Waals surface area contributed by atoms with E-state index in [0.717, 1.165) is 193 Å². The van der Waals surface area contributed by atoms with Crippen molar-refractivity contribution in [1.82, 2.24) is 128 Å². The number of pyridine rings is 9. The van der Waals surface area contributed by atoms with Crippen LogP contribution in [-0.2, 0) is 52.4 Å². The third-order valence-corrected chi connectivity index (χ3v) is 21.3. The molecule has 0 bridgehead atoms. The Hall–Kier alpha value is -16.9. The summed E-state index contributed by atoms with van der Waals surface area (Å²) in [5.41, 5.74) is 20.8. The normalized spacial score (nSPS) is 11.6. The Morgan fingerprint density at radius 1 is 0.295 bits per heavy atom. The smallest absolute Gasteiger partial charge is 0.159 e. The van der Waals surface area contributed by atoms with Crippen LogP contribution in [0, 0.1) is 55.4 Å². The van der Waals surface area contributed by atoms with Crippen LogP contribution < -0.4 is 26.6 Å². The number of nitrogens with one attached hydrogen (secondary N) is 5. The fraction of sp³-hybridized carbons (Fsp3) is 0.202. The maximum atomic E-state index is 5.26. The van der Waals surface area contributed by atoms with Crippen LogP contribution >= 0.6 is 0 Å². The second kappa shape index (κ2) is 40.8. The summed E-state index contributed by atoms with van der Waals surface area (Å²) in [6.45, 7) is 24.4. The van der Waals surface area contributed by atoms with Gasteiger partial charge in [0.1, 0.15) is 68.2 Å². The minimum Gasteiger partial charge on any atom is -0.363 e. The predicted molar refractivity (Wildman–Crippen MR) is 509 cm³/mol. The van der Waals surface area contributed by atoms with Crippen LogP contribution in [-0.4, -0.2) is 128 Å². The van der Waals surface area contributed by atoms with Crippen molar-refractivity contribution in [3.05, 3.63) is 372 Å². The first-order valence-corrected chi connectivity index (χ1v) is 43.2. The monoisotopic (exact) mass is 1750 g/mol. The van der Waals surface area contributed by atoms with Crippen LogP contribution in [0.4, 0.5) is 29.1 Å². The van der Waals surface area contributed by atoms with E-state index in [1.165, 1.54) is 0 Å². The zero-order chi connectivity index (χ0) is 90.8. The maximum Gasteiger partial charge on any atom is 0.159 e. The summed E-state index contributed by atoms with van der Waals surface area (Å²) in [7, 11) is 0. The van der Waals surface area contributed by atoms with Crippen molar-refractivity contribution >= 4 is 95.3 Å². The van der Waals surface area contributed by atoms with E-state index in [-0.39, 0.29) is 12.1 Å². The van der Waals surface area contributed by atoms with Gasteiger partial charge in [0.05, 0.1) is 143 Å². The molecule has 1 unspecified atom stereocenters. The van der Waals surface area contributed by atoms with E-state index >= 15 is 0 Å². The molecule has 2 atom stereocenters. The molecule has 5 N–H and O–H groups in total. The highest BCUT2D eigenvalue weighted by Gasteiger charge is 2.21. The fourth-order valence-electron chi connectivity index (χ4n) is 15.2. The summed E-state index contributed by atoms with van der Waals surface area (Å²) < 4.78 is 21.0. The lowest BCUT2D eigenvalue weighted by Gasteiger charge is -2.16. The van der Waals surface area contributed by atoms with E-state index < -0.39 is 0 Å². The molecule has 21 aromatic heterocycles. The van der Waals surface area contributed by atoms with Gasteiger partial charge in [-0.05, 0) is 208 Å².